The van der Waals surface area contributed by atoms with Crippen LogP contribution in [-0.4, -0.2) is 29.6 Å². The highest BCUT2D eigenvalue weighted by Gasteiger charge is 2.36. The molecule has 1 aromatic rings. The van der Waals surface area contributed by atoms with Gasteiger partial charge in [-0.3, -0.25) is 4.90 Å². The first kappa shape index (κ1) is 15.5. The second kappa shape index (κ2) is 6.73. The van der Waals surface area contributed by atoms with Gasteiger partial charge in [-0.1, -0.05) is 37.6 Å². The molecule has 0 saturated carbocycles. The van der Waals surface area contributed by atoms with Crippen molar-refractivity contribution in [3.63, 3.8) is 0 Å². The van der Waals surface area contributed by atoms with Crippen LogP contribution in [0.1, 0.15) is 50.7 Å². The van der Waals surface area contributed by atoms with Crippen molar-refractivity contribution in [1.29, 1.82) is 0 Å². The van der Waals surface area contributed by atoms with Crippen LogP contribution in [0, 0.1) is 6.92 Å². The molecule has 2 rings (SSSR count). The summed E-state index contributed by atoms with van der Waals surface area (Å²) < 4.78 is 0. The molecule has 112 valence electrons. The third-order valence-electron chi connectivity index (χ3n) is 5.29. The SMILES string of the molecule is CCC(C)(C(N)Cc1ccccc1C)N1CCCCC1. The highest BCUT2D eigenvalue weighted by Crippen LogP contribution is 2.28. The van der Waals surface area contributed by atoms with Crippen molar-refractivity contribution in [2.24, 2.45) is 5.73 Å². The van der Waals surface area contributed by atoms with E-state index in [-0.39, 0.29) is 11.6 Å². The highest BCUT2D eigenvalue weighted by molar-refractivity contribution is 5.27. The normalized spacial score (nSPS) is 21.4. The molecule has 1 saturated heterocycles. The van der Waals surface area contributed by atoms with Crippen molar-refractivity contribution in [2.75, 3.05) is 13.1 Å². The van der Waals surface area contributed by atoms with Gasteiger partial charge in [0.2, 0.25) is 0 Å². The molecule has 0 bridgehead atoms. The van der Waals surface area contributed by atoms with Gasteiger partial charge in [-0.05, 0) is 63.7 Å². The van der Waals surface area contributed by atoms with Gasteiger partial charge in [0, 0.05) is 11.6 Å². The van der Waals surface area contributed by atoms with Crippen LogP contribution < -0.4 is 5.73 Å². The van der Waals surface area contributed by atoms with Crippen LogP contribution in [0.25, 0.3) is 0 Å². The van der Waals surface area contributed by atoms with Gasteiger partial charge in [0.15, 0.2) is 0 Å². The molecule has 0 spiro atoms. The molecule has 2 heteroatoms. The van der Waals surface area contributed by atoms with E-state index >= 15 is 0 Å². The zero-order valence-electron chi connectivity index (χ0n) is 13.4. The van der Waals surface area contributed by atoms with Gasteiger partial charge in [-0.25, -0.2) is 0 Å². The molecule has 1 heterocycles. The van der Waals surface area contributed by atoms with Crippen LogP contribution >= 0.6 is 0 Å². The van der Waals surface area contributed by atoms with Crippen molar-refractivity contribution >= 4 is 0 Å². The van der Waals surface area contributed by atoms with Crippen molar-refractivity contribution in [2.45, 2.75) is 64.5 Å². The molecule has 20 heavy (non-hydrogen) atoms. The Morgan fingerprint density at radius 3 is 2.45 bits per heavy atom. The van der Waals surface area contributed by atoms with Crippen molar-refractivity contribution in [3.05, 3.63) is 35.4 Å². The largest absolute Gasteiger partial charge is 0.326 e. The standard InChI is InChI=1S/C18H30N2/c1-4-18(3,20-12-8-5-9-13-20)17(19)14-16-11-7-6-10-15(16)2/h6-7,10-11,17H,4-5,8-9,12-14,19H2,1-3H3. The van der Waals surface area contributed by atoms with E-state index in [2.05, 4.69) is 49.9 Å². The smallest absolute Gasteiger partial charge is 0.0332 e. The number of hydrogen-bond donors (Lipinski definition) is 1. The molecule has 1 aliphatic rings. The quantitative estimate of drug-likeness (QED) is 0.890. The van der Waals surface area contributed by atoms with Crippen LogP contribution in [0.15, 0.2) is 24.3 Å². The lowest BCUT2D eigenvalue weighted by Gasteiger charge is -2.47. The lowest BCUT2D eigenvalue weighted by atomic mass is 9.82. The summed E-state index contributed by atoms with van der Waals surface area (Å²) in [5, 5.41) is 0. The van der Waals surface area contributed by atoms with E-state index in [1.165, 1.54) is 43.5 Å². The Morgan fingerprint density at radius 1 is 1.20 bits per heavy atom. The molecule has 0 radical (unpaired) electrons. The number of hydrogen-bond acceptors (Lipinski definition) is 2. The predicted octanol–water partition coefficient (Wildman–Crippen LogP) is 3.52. The third kappa shape index (κ3) is 3.24. The molecule has 1 aliphatic heterocycles. The lowest BCUT2D eigenvalue weighted by molar-refractivity contribution is 0.0546. The number of nitrogens with zero attached hydrogens (tertiary/aromatic N) is 1. The number of benzene rings is 1. The van der Waals surface area contributed by atoms with Crippen LogP contribution in [0.3, 0.4) is 0 Å². The second-order valence-electron chi connectivity index (χ2n) is 6.50. The molecule has 2 N–H and O–H groups in total. The molecule has 0 aromatic heterocycles. The zero-order valence-corrected chi connectivity index (χ0v) is 13.4. The molecule has 2 nitrogen and oxygen atoms in total. The van der Waals surface area contributed by atoms with Crippen LogP contribution in [0.5, 0.6) is 0 Å². The fourth-order valence-electron chi connectivity index (χ4n) is 3.42. The van der Waals surface area contributed by atoms with Crippen molar-refractivity contribution in [3.8, 4) is 0 Å². The van der Waals surface area contributed by atoms with E-state index in [1.54, 1.807) is 0 Å². The monoisotopic (exact) mass is 274 g/mol. The Kier molecular flexibility index (Phi) is 5.22. The fraction of sp³-hybridized carbons (Fsp3) is 0.667. The van der Waals surface area contributed by atoms with Gasteiger partial charge in [-0.2, -0.15) is 0 Å². The minimum atomic E-state index is 0.128. The first-order chi connectivity index (χ1) is 9.58. The van der Waals surface area contributed by atoms with E-state index in [0.717, 1.165) is 12.8 Å². The summed E-state index contributed by atoms with van der Waals surface area (Å²) in [6.07, 6.45) is 6.14. The number of piperidine rings is 1. The topological polar surface area (TPSA) is 29.3 Å². The fourth-order valence-corrected chi connectivity index (χ4v) is 3.42. The molecule has 1 aromatic carbocycles. The second-order valence-corrected chi connectivity index (χ2v) is 6.50. The van der Waals surface area contributed by atoms with E-state index in [9.17, 15) is 0 Å². The average molecular weight is 274 g/mol. The highest BCUT2D eigenvalue weighted by atomic mass is 15.2. The Balaban J connectivity index is 2.11. The Labute approximate surface area is 124 Å². The maximum absolute atomic E-state index is 6.65. The summed E-state index contributed by atoms with van der Waals surface area (Å²) in [6, 6.07) is 8.84. The first-order valence-electron chi connectivity index (χ1n) is 8.13. The van der Waals surface area contributed by atoms with Gasteiger partial charge >= 0.3 is 0 Å². The van der Waals surface area contributed by atoms with E-state index in [4.69, 9.17) is 5.73 Å². The Morgan fingerprint density at radius 2 is 1.85 bits per heavy atom. The van der Waals surface area contributed by atoms with E-state index in [0.29, 0.717) is 0 Å². The summed E-state index contributed by atoms with van der Waals surface area (Å²) in [5.74, 6) is 0. The molecule has 0 aliphatic carbocycles. The molecular weight excluding hydrogens is 244 g/mol. The predicted molar refractivity (Wildman–Crippen MR) is 87.0 cm³/mol. The minimum absolute atomic E-state index is 0.128. The molecule has 0 amide bonds. The molecule has 1 fully saturated rings. The first-order valence-corrected chi connectivity index (χ1v) is 8.13. The Hall–Kier alpha value is -0.860. The van der Waals surface area contributed by atoms with E-state index in [1.807, 2.05) is 0 Å². The van der Waals surface area contributed by atoms with Gasteiger partial charge in [0.05, 0.1) is 0 Å². The average Bonchev–Trinajstić information content (AvgIpc) is 2.49. The van der Waals surface area contributed by atoms with Crippen LogP contribution in [0.4, 0.5) is 0 Å². The van der Waals surface area contributed by atoms with Gasteiger partial charge in [0.25, 0.3) is 0 Å². The van der Waals surface area contributed by atoms with Crippen molar-refractivity contribution in [1.82, 2.24) is 4.90 Å². The summed E-state index contributed by atoms with van der Waals surface area (Å²) in [6.45, 7) is 9.26. The molecular formula is C18H30N2. The molecule has 2 unspecified atom stereocenters. The maximum Gasteiger partial charge on any atom is 0.0332 e. The minimum Gasteiger partial charge on any atom is -0.326 e. The number of aryl methyl sites for hydroxylation is 1. The van der Waals surface area contributed by atoms with Crippen LogP contribution in [-0.2, 0) is 6.42 Å². The summed E-state index contributed by atoms with van der Waals surface area (Å²) in [5.41, 5.74) is 9.54. The Bertz CT molecular complexity index is 423. The maximum atomic E-state index is 6.65. The molecule has 2 atom stereocenters. The number of nitrogens with two attached hydrogens (primary N) is 1. The number of likely N-dealkylation sites (tertiary alicyclic amines) is 1. The van der Waals surface area contributed by atoms with E-state index < -0.39 is 0 Å². The summed E-state index contributed by atoms with van der Waals surface area (Å²) in [4.78, 5) is 2.64. The van der Waals surface area contributed by atoms with Gasteiger partial charge < -0.3 is 5.73 Å². The van der Waals surface area contributed by atoms with Gasteiger partial charge in [0.1, 0.15) is 0 Å². The lowest BCUT2D eigenvalue weighted by Crippen LogP contribution is -2.59. The summed E-state index contributed by atoms with van der Waals surface area (Å²) in [7, 11) is 0. The van der Waals surface area contributed by atoms with Gasteiger partial charge in [-0.15, -0.1) is 0 Å². The zero-order chi connectivity index (χ0) is 14.6. The third-order valence-corrected chi connectivity index (χ3v) is 5.29. The summed E-state index contributed by atoms with van der Waals surface area (Å²) >= 11 is 0. The van der Waals surface area contributed by atoms with Crippen LogP contribution in [0.2, 0.25) is 0 Å². The van der Waals surface area contributed by atoms with Crippen molar-refractivity contribution < 1.29 is 0 Å². The number of rotatable bonds is 5.